The van der Waals surface area contributed by atoms with Gasteiger partial charge < -0.3 is 19.5 Å². The second kappa shape index (κ2) is 13.5. The Hall–Kier alpha value is -2.49. The summed E-state index contributed by atoms with van der Waals surface area (Å²) >= 11 is 1.53. The number of ether oxygens (including phenoxy) is 2. The van der Waals surface area contributed by atoms with Crippen LogP contribution in [0.3, 0.4) is 0 Å². The lowest BCUT2D eigenvalue weighted by Gasteiger charge is -2.38. The van der Waals surface area contributed by atoms with Crippen molar-refractivity contribution in [2.24, 2.45) is 11.8 Å². The fourth-order valence-corrected chi connectivity index (χ4v) is 6.15. The number of piperidine rings is 1. The SMILES string of the molecule is COc1ccc2nccc(CCC[C@@H]3CCN(CCCSc4cccc(OC(F)(F)F)c4)C[C@@H]3CO)c2c1. The topological polar surface area (TPSA) is 54.8 Å². The molecule has 0 spiro atoms. The van der Waals surface area contributed by atoms with Crippen LogP contribution in [0.15, 0.2) is 59.6 Å². The number of pyridine rings is 1. The van der Waals surface area contributed by atoms with Gasteiger partial charge in [0.2, 0.25) is 0 Å². The third-order valence-electron chi connectivity index (χ3n) is 7.20. The van der Waals surface area contributed by atoms with Crippen molar-refractivity contribution in [1.82, 2.24) is 9.88 Å². The molecule has 0 unspecified atom stereocenters. The number of thioether (sulfide) groups is 1. The summed E-state index contributed by atoms with van der Waals surface area (Å²) in [6.45, 7) is 3.00. The van der Waals surface area contributed by atoms with Gasteiger partial charge in [-0.2, -0.15) is 0 Å². The standard InChI is InChI=1S/C29H35F3N2O3S/c1-36-24-9-10-28-27(18-24)22(11-13-33-28)6-2-5-21-12-15-34(19-23(21)20-35)14-4-16-38-26-8-3-7-25(17-26)37-29(30,31)32/h3,7-11,13,17-18,21,23,35H,2,4-6,12,14-16,19-20H2,1H3/t21-,23-/m1/s1. The predicted molar refractivity (Wildman–Crippen MR) is 145 cm³/mol. The number of rotatable bonds is 12. The van der Waals surface area contributed by atoms with Gasteiger partial charge in [-0.25, -0.2) is 0 Å². The maximum absolute atomic E-state index is 12.4. The second-order valence-corrected chi connectivity index (χ2v) is 10.9. The first-order valence-electron chi connectivity index (χ1n) is 13.1. The number of halogens is 3. The number of benzene rings is 2. The lowest BCUT2D eigenvalue weighted by Crippen LogP contribution is -2.42. The van der Waals surface area contributed by atoms with Crippen molar-refractivity contribution < 1.29 is 27.8 Å². The number of alkyl halides is 3. The molecule has 4 rings (SSSR count). The highest BCUT2D eigenvalue weighted by atomic mass is 32.2. The number of aryl methyl sites for hydroxylation is 1. The molecular weight excluding hydrogens is 513 g/mol. The Labute approximate surface area is 226 Å². The zero-order valence-electron chi connectivity index (χ0n) is 21.6. The van der Waals surface area contributed by atoms with Crippen LogP contribution in [0.2, 0.25) is 0 Å². The number of aromatic nitrogens is 1. The minimum Gasteiger partial charge on any atom is -0.497 e. The molecule has 206 valence electrons. The van der Waals surface area contributed by atoms with E-state index >= 15 is 0 Å². The van der Waals surface area contributed by atoms with E-state index in [0.29, 0.717) is 5.92 Å². The maximum atomic E-state index is 12.4. The summed E-state index contributed by atoms with van der Waals surface area (Å²) in [6.07, 6.45) is 2.29. The molecule has 0 aliphatic carbocycles. The first-order chi connectivity index (χ1) is 18.3. The van der Waals surface area contributed by atoms with E-state index in [1.165, 1.54) is 29.5 Å². The molecule has 1 aromatic heterocycles. The number of aliphatic hydroxyl groups is 1. The van der Waals surface area contributed by atoms with Gasteiger partial charge in [-0.1, -0.05) is 6.07 Å². The minimum absolute atomic E-state index is 0.188. The summed E-state index contributed by atoms with van der Waals surface area (Å²) in [7, 11) is 1.67. The van der Waals surface area contributed by atoms with Crippen LogP contribution >= 0.6 is 11.8 Å². The highest BCUT2D eigenvalue weighted by Crippen LogP contribution is 2.31. The van der Waals surface area contributed by atoms with Gasteiger partial charge in [0, 0.05) is 29.6 Å². The summed E-state index contributed by atoms with van der Waals surface area (Å²) in [5.41, 5.74) is 2.25. The summed E-state index contributed by atoms with van der Waals surface area (Å²) in [6, 6.07) is 14.2. The van der Waals surface area contributed by atoms with Crippen molar-refractivity contribution in [2.75, 3.05) is 39.1 Å². The van der Waals surface area contributed by atoms with Crippen molar-refractivity contribution in [3.8, 4) is 11.5 Å². The van der Waals surface area contributed by atoms with Crippen molar-refractivity contribution >= 4 is 22.7 Å². The predicted octanol–water partition coefficient (Wildman–Crippen LogP) is 6.58. The maximum Gasteiger partial charge on any atom is 0.573 e. The number of hydrogen-bond donors (Lipinski definition) is 1. The number of hydrogen-bond acceptors (Lipinski definition) is 6. The van der Waals surface area contributed by atoms with E-state index in [4.69, 9.17) is 4.74 Å². The van der Waals surface area contributed by atoms with Crippen molar-refractivity contribution in [3.05, 3.63) is 60.3 Å². The van der Waals surface area contributed by atoms with E-state index in [9.17, 15) is 18.3 Å². The van der Waals surface area contributed by atoms with Gasteiger partial charge in [-0.3, -0.25) is 4.98 Å². The lowest BCUT2D eigenvalue weighted by atomic mass is 9.82. The van der Waals surface area contributed by atoms with Crippen molar-refractivity contribution in [1.29, 1.82) is 0 Å². The Morgan fingerprint density at radius 2 is 1.95 bits per heavy atom. The highest BCUT2D eigenvalue weighted by Gasteiger charge is 2.31. The molecule has 2 atom stereocenters. The molecule has 1 saturated heterocycles. The lowest BCUT2D eigenvalue weighted by molar-refractivity contribution is -0.274. The molecule has 38 heavy (non-hydrogen) atoms. The second-order valence-electron chi connectivity index (χ2n) is 9.76. The molecule has 9 heteroatoms. The molecule has 0 radical (unpaired) electrons. The van der Waals surface area contributed by atoms with Crippen LogP contribution in [0.4, 0.5) is 13.2 Å². The van der Waals surface area contributed by atoms with E-state index in [2.05, 4.69) is 26.8 Å². The van der Waals surface area contributed by atoms with Crippen LogP contribution in [-0.2, 0) is 6.42 Å². The molecule has 1 aliphatic rings. The number of aliphatic hydroxyl groups excluding tert-OH is 1. The normalized spacial score (nSPS) is 18.6. The van der Waals surface area contributed by atoms with E-state index in [0.717, 1.165) is 79.0 Å². The monoisotopic (exact) mass is 548 g/mol. The zero-order valence-corrected chi connectivity index (χ0v) is 22.4. The molecule has 1 fully saturated rings. The van der Waals surface area contributed by atoms with Crippen LogP contribution in [0.1, 0.15) is 31.2 Å². The quantitative estimate of drug-likeness (QED) is 0.204. The molecule has 1 aliphatic heterocycles. The summed E-state index contributed by atoms with van der Waals surface area (Å²) in [4.78, 5) is 7.64. The van der Waals surface area contributed by atoms with Gasteiger partial charge in [-0.05, 0) is 111 Å². The minimum atomic E-state index is -4.68. The molecule has 2 heterocycles. The van der Waals surface area contributed by atoms with Crippen molar-refractivity contribution in [3.63, 3.8) is 0 Å². The molecule has 2 aromatic carbocycles. The van der Waals surface area contributed by atoms with Crippen LogP contribution < -0.4 is 9.47 Å². The highest BCUT2D eigenvalue weighted by molar-refractivity contribution is 7.99. The van der Waals surface area contributed by atoms with Gasteiger partial charge in [0.05, 0.1) is 12.6 Å². The van der Waals surface area contributed by atoms with E-state index in [-0.39, 0.29) is 18.3 Å². The zero-order chi connectivity index (χ0) is 27.0. The molecule has 0 bridgehead atoms. The van der Waals surface area contributed by atoms with Gasteiger partial charge in [-0.15, -0.1) is 24.9 Å². The Kier molecular flexibility index (Phi) is 10.2. The largest absolute Gasteiger partial charge is 0.573 e. The summed E-state index contributed by atoms with van der Waals surface area (Å²) in [5.74, 6) is 2.23. The van der Waals surface area contributed by atoms with E-state index in [1.807, 2.05) is 18.3 Å². The molecule has 0 amide bonds. The van der Waals surface area contributed by atoms with Crippen LogP contribution in [0, 0.1) is 11.8 Å². The van der Waals surface area contributed by atoms with Crippen molar-refractivity contribution in [2.45, 2.75) is 43.4 Å². The molecule has 3 aromatic rings. The average Bonchev–Trinajstić information content (AvgIpc) is 2.90. The fourth-order valence-electron chi connectivity index (χ4n) is 5.27. The van der Waals surface area contributed by atoms with Gasteiger partial charge in [0.15, 0.2) is 0 Å². The van der Waals surface area contributed by atoms with E-state index < -0.39 is 6.36 Å². The van der Waals surface area contributed by atoms with E-state index in [1.54, 1.807) is 19.2 Å². The smallest absolute Gasteiger partial charge is 0.497 e. The first-order valence-corrected chi connectivity index (χ1v) is 14.1. The molecule has 0 saturated carbocycles. The average molecular weight is 549 g/mol. The third-order valence-corrected chi connectivity index (χ3v) is 8.28. The number of likely N-dealkylation sites (tertiary alicyclic amines) is 1. The van der Waals surface area contributed by atoms with Crippen LogP contribution in [0.5, 0.6) is 11.5 Å². The van der Waals surface area contributed by atoms with Gasteiger partial charge in [0.1, 0.15) is 11.5 Å². The number of methoxy groups -OCH3 is 1. The Balaban J connectivity index is 1.20. The first kappa shape index (κ1) is 28.5. The summed E-state index contributed by atoms with van der Waals surface area (Å²) < 4.78 is 46.7. The molecule has 5 nitrogen and oxygen atoms in total. The Bertz CT molecular complexity index is 1180. The number of fused-ring (bicyclic) bond motifs is 1. The van der Waals surface area contributed by atoms with Gasteiger partial charge >= 0.3 is 6.36 Å². The van der Waals surface area contributed by atoms with Crippen LogP contribution in [-0.4, -0.2) is 60.5 Å². The third kappa shape index (κ3) is 8.25. The van der Waals surface area contributed by atoms with Crippen LogP contribution in [0.25, 0.3) is 10.9 Å². The Morgan fingerprint density at radius 3 is 2.74 bits per heavy atom. The number of nitrogens with zero attached hydrogens (tertiary/aromatic N) is 2. The molecular formula is C29H35F3N2O3S. The molecule has 1 N–H and O–H groups in total. The van der Waals surface area contributed by atoms with Gasteiger partial charge in [0.25, 0.3) is 0 Å². The Morgan fingerprint density at radius 1 is 1.08 bits per heavy atom. The fraction of sp³-hybridized carbons (Fsp3) is 0.483. The summed E-state index contributed by atoms with van der Waals surface area (Å²) in [5, 5.41) is 11.2.